The summed E-state index contributed by atoms with van der Waals surface area (Å²) >= 11 is 1.50. The zero-order valence-corrected chi connectivity index (χ0v) is 20.0. The van der Waals surface area contributed by atoms with Crippen molar-refractivity contribution in [2.75, 3.05) is 13.1 Å². The molecule has 6 nitrogen and oxygen atoms in total. The van der Waals surface area contributed by atoms with Crippen LogP contribution in [0.15, 0.2) is 29.0 Å². The average molecular weight is 489 g/mol. The number of thiophene rings is 1. The highest BCUT2D eigenvalue weighted by Gasteiger charge is 2.73. The van der Waals surface area contributed by atoms with Gasteiger partial charge in [0.05, 0.1) is 17.1 Å². The van der Waals surface area contributed by atoms with E-state index in [2.05, 4.69) is 10.2 Å². The summed E-state index contributed by atoms with van der Waals surface area (Å²) < 4.78 is 6.49. The van der Waals surface area contributed by atoms with Crippen molar-refractivity contribution in [3.8, 4) is 11.5 Å². The number of phenols is 1. The van der Waals surface area contributed by atoms with E-state index in [1.165, 1.54) is 29.7 Å². The maximum Gasteiger partial charge on any atom is 0.252 e. The highest BCUT2D eigenvalue weighted by Crippen LogP contribution is 2.65. The second-order valence-electron chi connectivity index (χ2n) is 10.4. The predicted molar refractivity (Wildman–Crippen MR) is 128 cm³/mol. The third-order valence-electron chi connectivity index (χ3n) is 8.86. The Balaban J connectivity index is 0.00000206. The number of aromatic hydroxyl groups is 1. The number of hydrogen-bond acceptors (Lipinski definition) is 6. The van der Waals surface area contributed by atoms with E-state index in [-0.39, 0.29) is 42.3 Å². The molecular formula is C25H29ClN2O4S. The first-order valence-corrected chi connectivity index (χ1v) is 12.8. The van der Waals surface area contributed by atoms with Gasteiger partial charge in [-0.2, -0.15) is 11.3 Å². The molecule has 5 atom stereocenters. The van der Waals surface area contributed by atoms with Crippen LogP contribution in [-0.4, -0.2) is 57.9 Å². The number of halogens is 1. The van der Waals surface area contributed by atoms with Gasteiger partial charge in [0, 0.05) is 29.1 Å². The Labute approximate surface area is 203 Å². The van der Waals surface area contributed by atoms with Gasteiger partial charge in [0.1, 0.15) is 6.10 Å². The Hall–Kier alpha value is -1.80. The lowest BCUT2D eigenvalue weighted by molar-refractivity contribution is -0.191. The van der Waals surface area contributed by atoms with E-state index < -0.39 is 11.0 Å². The first-order valence-electron chi connectivity index (χ1n) is 11.8. The van der Waals surface area contributed by atoms with Crippen LogP contribution in [0.5, 0.6) is 11.5 Å². The Morgan fingerprint density at radius 1 is 1.24 bits per heavy atom. The molecule has 1 saturated heterocycles. The average Bonchev–Trinajstić information content (AvgIpc) is 3.27. The number of rotatable bonds is 4. The summed E-state index contributed by atoms with van der Waals surface area (Å²) in [5.41, 5.74) is 1.33. The van der Waals surface area contributed by atoms with Crippen LogP contribution >= 0.6 is 23.7 Å². The molecule has 3 N–H and O–H groups in total. The first-order chi connectivity index (χ1) is 15.5. The Morgan fingerprint density at radius 2 is 2.09 bits per heavy atom. The molecule has 1 amide bonds. The van der Waals surface area contributed by atoms with Crippen LogP contribution in [0, 0.1) is 5.92 Å². The maximum atomic E-state index is 12.9. The van der Waals surface area contributed by atoms with Crippen molar-refractivity contribution in [1.82, 2.24) is 10.2 Å². The largest absolute Gasteiger partial charge is 0.504 e. The van der Waals surface area contributed by atoms with Crippen LogP contribution < -0.4 is 10.1 Å². The second-order valence-corrected chi connectivity index (χ2v) is 11.2. The number of benzene rings is 1. The van der Waals surface area contributed by atoms with Crippen molar-refractivity contribution >= 4 is 29.7 Å². The van der Waals surface area contributed by atoms with Gasteiger partial charge in [-0.3, -0.25) is 9.69 Å². The predicted octanol–water partition coefficient (Wildman–Crippen LogP) is 3.24. The molecule has 0 radical (unpaired) electrons. The molecule has 3 heterocycles. The van der Waals surface area contributed by atoms with E-state index in [1.54, 1.807) is 6.07 Å². The summed E-state index contributed by atoms with van der Waals surface area (Å²) in [6.07, 6.45) is 5.07. The third-order valence-corrected chi connectivity index (χ3v) is 9.55. The van der Waals surface area contributed by atoms with E-state index in [0.29, 0.717) is 24.2 Å². The normalized spacial score (nSPS) is 35.8. The summed E-state index contributed by atoms with van der Waals surface area (Å²) in [6.45, 7) is 1.98. The van der Waals surface area contributed by atoms with Crippen molar-refractivity contribution in [3.63, 3.8) is 0 Å². The van der Waals surface area contributed by atoms with Gasteiger partial charge in [0.25, 0.3) is 5.91 Å². The highest BCUT2D eigenvalue weighted by atomic mass is 35.5. The minimum absolute atomic E-state index is 0. The molecule has 2 saturated carbocycles. The van der Waals surface area contributed by atoms with E-state index in [4.69, 9.17) is 4.74 Å². The van der Waals surface area contributed by atoms with Crippen molar-refractivity contribution in [3.05, 3.63) is 45.6 Å². The van der Waals surface area contributed by atoms with E-state index >= 15 is 0 Å². The molecule has 0 unspecified atom stereocenters. The fraction of sp³-hybridized carbons (Fsp3) is 0.560. The van der Waals surface area contributed by atoms with Gasteiger partial charge >= 0.3 is 0 Å². The van der Waals surface area contributed by atoms with Crippen molar-refractivity contribution in [2.24, 2.45) is 5.92 Å². The number of amides is 1. The van der Waals surface area contributed by atoms with Gasteiger partial charge in [-0.15, -0.1) is 12.4 Å². The van der Waals surface area contributed by atoms with Crippen LogP contribution in [0.4, 0.5) is 0 Å². The molecule has 1 aromatic heterocycles. The minimum Gasteiger partial charge on any atom is -0.504 e. The lowest BCUT2D eigenvalue weighted by atomic mass is 9.48. The molecule has 2 aromatic rings. The van der Waals surface area contributed by atoms with Gasteiger partial charge in [0.2, 0.25) is 0 Å². The lowest BCUT2D eigenvalue weighted by Gasteiger charge is -2.64. The summed E-state index contributed by atoms with van der Waals surface area (Å²) in [7, 11) is 0. The number of carbonyl (C=O) groups excluding carboxylic acids is 1. The SMILES string of the molecule is Cl.O=C(N[C@@H]1CC[C@@]2(O)[C@H]3Cc4ccc(O)c5c4[C@@]2(CCN3CC2CC2)[C@H]1O5)c1ccsc1. The molecule has 176 valence electrons. The lowest BCUT2D eigenvalue weighted by Crippen LogP contribution is -2.78. The number of aliphatic hydroxyl groups is 1. The van der Waals surface area contributed by atoms with Gasteiger partial charge in [-0.05, 0) is 74.1 Å². The molecule has 33 heavy (non-hydrogen) atoms. The number of nitrogens with one attached hydrogen (secondary N) is 1. The number of nitrogens with zero attached hydrogens (tertiary/aromatic N) is 1. The standard InChI is InChI=1S/C25H28N2O4S.ClH/c28-18-4-3-15-11-19-25(30)7-5-17(26-23(29)16-6-10-32-13-16)22-24(25,20(15)21(18)31-22)8-9-27(19)12-14-1-2-14;/h3-4,6,10,13-14,17,19,22,28,30H,1-2,5,7-9,11-12H2,(H,26,29);1H/t17-,19-,22+,24+,25-;/m1./s1. The van der Waals surface area contributed by atoms with Crippen molar-refractivity contribution in [2.45, 2.75) is 67.7 Å². The van der Waals surface area contributed by atoms with Crippen LogP contribution in [0.3, 0.4) is 0 Å². The highest BCUT2D eigenvalue weighted by molar-refractivity contribution is 7.08. The van der Waals surface area contributed by atoms with Gasteiger partial charge < -0.3 is 20.3 Å². The Bertz CT molecular complexity index is 1110. The zero-order valence-electron chi connectivity index (χ0n) is 18.3. The number of likely N-dealkylation sites (tertiary alicyclic amines) is 1. The smallest absolute Gasteiger partial charge is 0.252 e. The summed E-state index contributed by atoms with van der Waals surface area (Å²) in [6, 6.07) is 5.42. The molecule has 1 spiro atoms. The number of piperidine rings is 1. The van der Waals surface area contributed by atoms with Crippen molar-refractivity contribution in [1.29, 1.82) is 0 Å². The molecule has 3 aliphatic carbocycles. The molecule has 1 aromatic carbocycles. The van der Waals surface area contributed by atoms with Gasteiger partial charge in [-0.25, -0.2) is 0 Å². The first kappa shape index (κ1) is 21.7. The van der Waals surface area contributed by atoms with Gasteiger partial charge in [0.15, 0.2) is 11.5 Å². The topological polar surface area (TPSA) is 82.0 Å². The number of hydrogen-bond donors (Lipinski definition) is 3. The second kappa shape index (κ2) is 7.35. The van der Waals surface area contributed by atoms with E-state index in [9.17, 15) is 15.0 Å². The molecule has 5 aliphatic rings. The fourth-order valence-electron chi connectivity index (χ4n) is 7.27. The fourth-order valence-corrected chi connectivity index (χ4v) is 7.91. The molecule has 2 aliphatic heterocycles. The van der Waals surface area contributed by atoms with Crippen LogP contribution in [0.1, 0.15) is 53.6 Å². The summed E-state index contributed by atoms with van der Waals surface area (Å²) in [5, 5.41) is 30.1. The minimum atomic E-state index is -0.916. The van der Waals surface area contributed by atoms with E-state index in [0.717, 1.165) is 37.4 Å². The Morgan fingerprint density at radius 3 is 2.85 bits per heavy atom. The monoisotopic (exact) mass is 488 g/mol. The van der Waals surface area contributed by atoms with Gasteiger partial charge in [-0.1, -0.05) is 6.07 Å². The molecule has 8 heteroatoms. The summed E-state index contributed by atoms with van der Waals surface area (Å²) in [5.74, 6) is 1.33. The van der Waals surface area contributed by atoms with E-state index in [1.807, 2.05) is 22.9 Å². The molecular weight excluding hydrogens is 460 g/mol. The van der Waals surface area contributed by atoms with Crippen LogP contribution in [0.25, 0.3) is 0 Å². The number of phenolic OH excluding ortho intramolecular Hbond substituents is 1. The molecule has 3 fully saturated rings. The molecule has 2 bridgehead atoms. The van der Waals surface area contributed by atoms with Crippen LogP contribution in [0.2, 0.25) is 0 Å². The quantitative estimate of drug-likeness (QED) is 0.615. The van der Waals surface area contributed by atoms with Crippen molar-refractivity contribution < 1.29 is 19.7 Å². The summed E-state index contributed by atoms with van der Waals surface area (Å²) in [4.78, 5) is 15.4. The van der Waals surface area contributed by atoms with Crippen LogP contribution in [-0.2, 0) is 11.8 Å². The number of carbonyl (C=O) groups is 1. The zero-order chi connectivity index (χ0) is 21.7. The molecule has 7 rings (SSSR count). The number of ether oxygens (including phenoxy) is 1. The maximum absolute atomic E-state index is 12.9. The third kappa shape index (κ3) is 2.83. The Kier molecular flexibility index (Phi) is 4.83.